The van der Waals surface area contributed by atoms with Crippen LogP contribution in [0.1, 0.15) is 35.4 Å². The van der Waals surface area contributed by atoms with Gasteiger partial charge in [-0.2, -0.15) is 5.10 Å². The van der Waals surface area contributed by atoms with Crippen LogP contribution in [0.4, 0.5) is 0 Å². The summed E-state index contributed by atoms with van der Waals surface area (Å²) >= 11 is 9.78. The van der Waals surface area contributed by atoms with Crippen molar-refractivity contribution in [3.63, 3.8) is 0 Å². The molecule has 5 heteroatoms. The molecule has 5 rings (SSSR count). The second-order valence-corrected chi connectivity index (χ2v) is 8.07. The van der Waals surface area contributed by atoms with E-state index in [1.165, 1.54) is 0 Å². The highest BCUT2D eigenvalue weighted by Crippen LogP contribution is 2.48. The van der Waals surface area contributed by atoms with Crippen molar-refractivity contribution in [3.05, 3.63) is 99.0 Å². The lowest BCUT2D eigenvalue weighted by molar-refractivity contribution is -0.0190. The van der Waals surface area contributed by atoms with E-state index < -0.39 is 0 Å². The van der Waals surface area contributed by atoms with Crippen molar-refractivity contribution >= 4 is 33.2 Å². The van der Waals surface area contributed by atoms with Crippen LogP contribution in [0.25, 0.3) is 0 Å². The number of fused-ring (bicyclic) bond motifs is 3. The molecule has 0 aromatic heterocycles. The van der Waals surface area contributed by atoms with Gasteiger partial charge in [-0.05, 0) is 35.9 Å². The van der Waals surface area contributed by atoms with E-state index >= 15 is 0 Å². The first-order valence-electron chi connectivity index (χ1n) is 8.82. The molecule has 2 aliphatic heterocycles. The Labute approximate surface area is 171 Å². The van der Waals surface area contributed by atoms with Crippen LogP contribution in [0.3, 0.4) is 0 Å². The molecule has 134 valence electrons. The van der Waals surface area contributed by atoms with E-state index in [4.69, 9.17) is 21.4 Å². The molecule has 0 unspecified atom stereocenters. The lowest BCUT2D eigenvalue weighted by Gasteiger charge is -2.38. The lowest BCUT2D eigenvalue weighted by Crippen LogP contribution is -2.33. The fourth-order valence-corrected chi connectivity index (χ4v) is 4.16. The second-order valence-electron chi connectivity index (χ2n) is 6.72. The molecular formula is C22H16BrClN2O. The molecule has 0 amide bonds. The molecule has 2 heterocycles. The first kappa shape index (κ1) is 16.8. The van der Waals surface area contributed by atoms with Gasteiger partial charge in [0.25, 0.3) is 0 Å². The topological polar surface area (TPSA) is 24.8 Å². The van der Waals surface area contributed by atoms with Crippen molar-refractivity contribution < 1.29 is 4.74 Å². The van der Waals surface area contributed by atoms with Gasteiger partial charge in [-0.3, -0.25) is 0 Å². The third-order valence-electron chi connectivity index (χ3n) is 5.01. The molecule has 0 N–H and O–H groups in total. The van der Waals surface area contributed by atoms with Crippen LogP contribution in [0.15, 0.2) is 82.4 Å². The summed E-state index contributed by atoms with van der Waals surface area (Å²) in [6.07, 6.45) is 0.561. The average Bonchev–Trinajstić information content (AvgIpc) is 3.15. The second kappa shape index (κ2) is 6.70. The Balaban J connectivity index is 1.61. The number of ether oxygens (including phenoxy) is 1. The Morgan fingerprint density at radius 2 is 1.78 bits per heavy atom. The van der Waals surface area contributed by atoms with Crippen LogP contribution in [0, 0.1) is 0 Å². The molecule has 0 radical (unpaired) electrons. The molecule has 2 atom stereocenters. The first-order valence-corrected chi connectivity index (χ1v) is 9.99. The van der Waals surface area contributed by atoms with E-state index in [-0.39, 0.29) is 12.3 Å². The molecule has 3 aromatic rings. The van der Waals surface area contributed by atoms with Crippen LogP contribution >= 0.6 is 27.5 Å². The van der Waals surface area contributed by atoms with Crippen molar-refractivity contribution in [2.24, 2.45) is 5.10 Å². The van der Waals surface area contributed by atoms with Gasteiger partial charge in [-0.15, -0.1) is 0 Å². The molecule has 0 aliphatic carbocycles. The maximum Gasteiger partial charge on any atom is 0.213 e. The van der Waals surface area contributed by atoms with Crippen LogP contribution in [-0.4, -0.2) is 10.7 Å². The van der Waals surface area contributed by atoms with E-state index in [0.29, 0.717) is 5.02 Å². The Hall–Kier alpha value is -2.30. The molecule has 0 saturated carbocycles. The molecule has 0 saturated heterocycles. The third kappa shape index (κ3) is 3.03. The molecule has 27 heavy (non-hydrogen) atoms. The molecular weight excluding hydrogens is 424 g/mol. The number of benzene rings is 3. The quantitative estimate of drug-likeness (QED) is 0.465. The first-order chi connectivity index (χ1) is 13.2. The summed E-state index contributed by atoms with van der Waals surface area (Å²) in [6.45, 7) is 0. The highest BCUT2D eigenvalue weighted by molar-refractivity contribution is 9.10. The Kier molecular flexibility index (Phi) is 4.18. The Morgan fingerprint density at radius 3 is 2.56 bits per heavy atom. The predicted molar refractivity (Wildman–Crippen MR) is 111 cm³/mol. The van der Waals surface area contributed by atoms with Crippen LogP contribution in [0.2, 0.25) is 5.02 Å². The minimum absolute atomic E-state index is 0.108. The number of halogens is 2. The number of hydrogen-bond donors (Lipinski definition) is 0. The number of nitrogens with zero attached hydrogens (tertiary/aromatic N) is 2. The zero-order valence-corrected chi connectivity index (χ0v) is 16.7. The molecule has 0 bridgehead atoms. The summed E-state index contributed by atoms with van der Waals surface area (Å²) in [7, 11) is 0. The summed E-state index contributed by atoms with van der Waals surface area (Å²) in [5, 5.41) is 7.75. The standard InChI is InChI=1S/C22H16BrClN2O/c23-16-8-6-15(7-9-16)22-26-20(18-12-17(24)10-11-21(18)27-22)13-19(25-26)14-4-2-1-3-5-14/h1-12,20,22H,13H2/t20-,22-/m0/s1. The maximum atomic E-state index is 6.36. The SMILES string of the molecule is Clc1ccc2c(c1)[C@@H]1CC(c3ccccc3)=NN1[C@H](c1ccc(Br)cc1)O2. The van der Waals surface area contributed by atoms with Gasteiger partial charge in [0.2, 0.25) is 6.23 Å². The zero-order valence-electron chi connectivity index (χ0n) is 14.3. The van der Waals surface area contributed by atoms with Crippen molar-refractivity contribution in [1.29, 1.82) is 0 Å². The number of rotatable bonds is 2. The minimum Gasteiger partial charge on any atom is -0.464 e. The van der Waals surface area contributed by atoms with Gasteiger partial charge in [-0.25, -0.2) is 5.01 Å². The summed E-state index contributed by atoms with van der Waals surface area (Å²) in [5.74, 6) is 0.873. The Morgan fingerprint density at radius 1 is 1.00 bits per heavy atom. The smallest absolute Gasteiger partial charge is 0.213 e. The Bertz CT molecular complexity index is 1020. The number of hydrazone groups is 1. The summed E-state index contributed by atoms with van der Waals surface area (Å²) in [6, 6.07) is 24.5. The maximum absolute atomic E-state index is 6.36. The highest BCUT2D eigenvalue weighted by atomic mass is 79.9. The van der Waals surface area contributed by atoms with E-state index in [1.807, 2.05) is 48.5 Å². The molecule has 0 spiro atoms. The lowest BCUT2D eigenvalue weighted by atomic mass is 9.96. The molecule has 3 nitrogen and oxygen atoms in total. The van der Waals surface area contributed by atoms with Gasteiger partial charge >= 0.3 is 0 Å². The average molecular weight is 440 g/mol. The van der Waals surface area contributed by atoms with Gasteiger partial charge < -0.3 is 4.74 Å². The summed E-state index contributed by atoms with van der Waals surface area (Å²) in [4.78, 5) is 0. The van der Waals surface area contributed by atoms with Crippen molar-refractivity contribution in [2.45, 2.75) is 18.7 Å². The van der Waals surface area contributed by atoms with Crippen LogP contribution < -0.4 is 4.74 Å². The molecule has 2 aliphatic rings. The van der Waals surface area contributed by atoms with Gasteiger partial charge in [-0.1, -0.05) is 70.0 Å². The van der Waals surface area contributed by atoms with Gasteiger partial charge in [0.1, 0.15) is 5.75 Å². The van der Waals surface area contributed by atoms with E-state index in [1.54, 1.807) is 0 Å². The largest absolute Gasteiger partial charge is 0.464 e. The monoisotopic (exact) mass is 438 g/mol. The fraction of sp³-hybridized carbons (Fsp3) is 0.136. The molecule has 3 aromatic carbocycles. The predicted octanol–water partition coefficient (Wildman–Crippen LogP) is 6.34. The van der Waals surface area contributed by atoms with Crippen molar-refractivity contribution in [1.82, 2.24) is 5.01 Å². The fourth-order valence-electron chi connectivity index (χ4n) is 3.71. The van der Waals surface area contributed by atoms with E-state index in [9.17, 15) is 0 Å². The van der Waals surface area contributed by atoms with E-state index in [0.717, 1.165) is 39.0 Å². The van der Waals surface area contributed by atoms with Gasteiger partial charge in [0.15, 0.2) is 0 Å². The third-order valence-corrected chi connectivity index (χ3v) is 5.78. The highest BCUT2D eigenvalue weighted by Gasteiger charge is 2.41. The normalized spacial score (nSPS) is 20.5. The minimum atomic E-state index is -0.266. The van der Waals surface area contributed by atoms with Gasteiger partial charge in [0.05, 0.1) is 11.8 Å². The van der Waals surface area contributed by atoms with Crippen LogP contribution in [0.5, 0.6) is 5.75 Å². The van der Waals surface area contributed by atoms with Crippen LogP contribution in [-0.2, 0) is 0 Å². The van der Waals surface area contributed by atoms with Crippen molar-refractivity contribution in [2.75, 3.05) is 0 Å². The van der Waals surface area contributed by atoms with E-state index in [2.05, 4.69) is 45.2 Å². The summed E-state index contributed by atoms with van der Waals surface area (Å²) < 4.78 is 7.40. The van der Waals surface area contributed by atoms with Crippen molar-refractivity contribution in [3.8, 4) is 5.75 Å². The number of hydrogen-bond acceptors (Lipinski definition) is 3. The van der Waals surface area contributed by atoms with Gasteiger partial charge in [0, 0.05) is 27.0 Å². The summed E-state index contributed by atoms with van der Waals surface area (Å²) in [5.41, 5.74) is 4.37. The zero-order chi connectivity index (χ0) is 18.4. The molecule has 0 fully saturated rings.